The Labute approximate surface area is 198 Å². The van der Waals surface area contributed by atoms with Gasteiger partial charge in [-0.2, -0.15) is 4.98 Å². The molecule has 7 heteroatoms. The number of ketones is 3. The minimum atomic E-state index is -0.158. The Morgan fingerprint density at radius 3 is 2.29 bits per heavy atom. The van der Waals surface area contributed by atoms with Gasteiger partial charge in [-0.05, 0) is 67.6 Å². The van der Waals surface area contributed by atoms with Gasteiger partial charge in [-0.15, -0.1) is 0 Å². The molecule has 3 aromatic rings. The smallest absolute Gasteiger partial charge is 0.316 e. The molecule has 0 saturated carbocycles. The Balaban J connectivity index is 1.63. The first kappa shape index (κ1) is 23.4. The van der Waals surface area contributed by atoms with Crippen LogP contribution in [0, 0.1) is 0 Å². The predicted octanol–water partition coefficient (Wildman–Crippen LogP) is 4.19. The molecule has 0 saturated heterocycles. The molecule has 34 heavy (non-hydrogen) atoms. The van der Waals surface area contributed by atoms with Crippen LogP contribution in [0.5, 0.6) is 6.01 Å². The van der Waals surface area contributed by atoms with Gasteiger partial charge in [-0.3, -0.25) is 14.4 Å². The summed E-state index contributed by atoms with van der Waals surface area (Å²) in [6.07, 6.45) is 3.14. The van der Waals surface area contributed by atoms with Crippen molar-refractivity contribution in [1.29, 1.82) is 0 Å². The molecule has 0 spiro atoms. The van der Waals surface area contributed by atoms with E-state index in [-0.39, 0.29) is 29.4 Å². The van der Waals surface area contributed by atoms with Crippen LogP contribution in [0.15, 0.2) is 42.6 Å². The fourth-order valence-corrected chi connectivity index (χ4v) is 4.46. The lowest BCUT2D eigenvalue weighted by molar-refractivity contribution is 0.0980. The van der Waals surface area contributed by atoms with E-state index in [1.54, 1.807) is 6.20 Å². The first-order chi connectivity index (χ1) is 16.3. The minimum Gasteiger partial charge on any atom is -0.467 e. The van der Waals surface area contributed by atoms with Gasteiger partial charge < -0.3 is 10.1 Å². The van der Waals surface area contributed by atoms with E-state index in [0.717, 1.165) is 41.6 Å². The zero-order valence-electron chi connectivity index (χ0n) is 19.8. The summed E-state index contributed by atoms with van der Waals surface area (Å²) in [4.78, 5) is 44.7. The predicted molar refractivity (Wildman–Crippen MR) is 129 cm³/mol. The van der Waals surface area contributed by atoms with E-state index in [0.29, 0.717) is 22.4 Å². The fourth-order valence-electron chi connectivity index (χ4n) is 4.46. The molecule has 1 unspecified atom stereocenters. The molecule has 4 rings (SSSR count). The normalized spacial score (nSPS) is 14.9. The number of Topliss-reactive ketones (excluding diaryl/α,β-unsaturated/α-hetero) is 3. The van der Waals surface area contributed by atoms with Crippen LogP contribution in [0.25, 0.3) is 11.1 Å². The van der Waals surface area contributed by atoms with Gasteiger partial charge in [0.05, 0.1) is 7.11 Å². The van der Waals surface area contributed by atoms with E-state index in [1.807, 2.05) is 36.4 Å². The summed E-state index contributed by atoms with van der Waals surface area (Å²) in [6.45, 7) is 5.27. The van der Waals surface area contributed by atoms with E-state index >= 15 is 0 Å². The molecule has 2 heterocycles. The molecule has 1 aliphatic heterocycles. The van der Waals surface area contributed by atoms with Gasteiger partial charge in [0.15, 0.2) is 17.3 Å². The van der Waals surface area contributed by atoms with Crippen LogP contribution in [0.1, 0.15) is 74.7 Å². The molecule has 0 fully saturated rings. The van der Waals surface area contributed by atoms with Crippen molar-refractivity contribution in [3.05, 3.63) is 76.1 Å². The summed E-state index contributed by atoms with van der Waals surface area (Å²) < 4.78 is 5.05. The van der Waals surface area contributed by atoms with Crippen LogP contribution in [0.4, 0.5) is 0 Å². The van der Waals surface area contributed by atoms with Crippen molar-refractivity contribution in [3.8, 4) is 17.1 Å². The minimum absolute atomic E-state index is 0.0332. The van der Waals surface area contributed by atoms with Gasteiger partial charge >= 0.3 is 6.01 Å². The molecule has 0 amide bonds. The van der Waals surface area contributed by atoms with Crippen LogP contribution in [0.3, 0.4) is 0 Å². The zero-order valence-corrected chi connectivity index (χ0v) is 19.8. The lowest BCUT2D eigenvalue weighted by Crippen LogP contribution is -2.32. The first-order valence-electron chi connectivity index (χ1n) is 11.2. The number of ether oxygens (including phenoxy) is 1. The van der Waals surface area contributed by atoms with E-state index in [2.05, 4.69) is 15.3 Å². The lowest BCUT2D eigenvalue weighted by atomic mass is 9.85. The Bertz CT molecular complexity index is 1280. The Morgan fingerprint density at radius 2 is 1.68 bits per heavy atom. The summed E-state index contributed by atoms with van der Waals surface area (Å²) in [6, 6.07) is 11.9. The van der Waals surface area contributed by atoms with Crippen LogP contribution in [-0.4, -0.2) is 41.0 Å². The van der Waals surface area contributed by atoms with E-state index in [4.69, 9.17) is 4.74 Å². The number of nitrogens with zero attached hydrogens (tertiary/aromatic N) is 2. The maximum atomic E-state index is 12.2. The highest BCUT2D eigenvalue weighted by Crippen LogP contribution is 2.31. The third kappa shape index (κ3) is 4.65. The van der Waals surface area contributed by atoms with Crippen LogP contribution in [-0.2, 0) is 12.8 Å². The quantitative estimate of drug-likeness (QED) is 0.531. The highest BCUT2D eigenvalue weighted by molar-refractivity contribution is 6.07. The van der Waals surface area contributed by atoms with Crippen molar-refractivity contribution < 1.29 is 19.1 Å². The van der Waals surface area contributed by atoms with Crippen molar-refractivity contribution in [2.45, 2.75) is 39.7 Å². The molecule has 1 aliphatic rings. The average molecular weight is 458 g/mol. The molecule has 174 valence electrons. The van der Waals surface area contributed by atoms with Crippen molar-refractivity contribution in [1.82, 2.24) is 15.3 Å². The van der Waals surface area contributed by atoms with Crippen LogP contribution < -0.4 is 10.1 Å². The molecular weight excluding hydrogens is 430 g/mol. The molecule has 1 N–H and O–H groups in total. The number of aromatic nitrogens is 2. The van der Waals surface area contributed by atoms with Gasteiger partial charge in [0.1, 0.15) is 5.69 Å². The van der Waals surface area contributed by atoms with Gasteiger partial charge in [0.25, 0.3) is 0 Å². The Hall–Kier alpha value is -3.71. The lowest BCUT2D eigenvalue weighted by Gasteiger charge is -2.28. The monoisotopic (exact) mass is 457 g/mol. The Kier molecular flexibility index (Phi) is 6.65. The summed E-state index contributed by atoms with van der Waals surface area (Å²) >= 11 is 0. The number of hydrogen-bond acceptors (Lipinski definition) is 7. The second-order valence-corrected chi connectivity index (χ2v) is 8.54. The number of nitrogens with one attached hydrogen (secondary N) is 1. The van der Waals surface area contributed by atoms with E-state index in [9.17, 15) is 14.4 Å². The first-order valence-corrected chi connectivity index (χ1v) is 11.2. The Morgan fingerprint density at radius 1 is 1.00 bits per heavy atom. The van der Waals surface area contributed by atoms with Gasteiger partial charge in [0, 0.05) is 35.9 Å². The molecule has 7 nitrogen and oxygen atoms in total. The van der Waals surface area contributed by atoms with E-state index < -0.39 is 0 Å². The number of rotatable bonds is 7. The second kappa shape index (κ2) is 9.65. The largest absolute Gasteiger partial charge is 0.467 e. The summed E-state index contributed by atoms with van der Waals surface area (Å²) in [5.41, 5.74) is 6.08. The van der Waals surface area contributed by atoms with Gasteiger partial charge in [0.2, 0.25) is 0 Å². The van der Waals surface area contributed by atoms with E-state index in [1.165, 1.54) is 27.9 Å². The van der Waals surface area contributed by atoms with Gasteiger partial charge in [-0.1, -0.05) is 24.3 Å². The number of benzene rings is 2. The highest BCUT2D eigenvalue weighted by atomic mass is 16.5. The molecule has 2 aromatic carbocycles. The standard InChI is InChI=1S/C27H27N3O4/c1-15(31)21-12-20-9-10-28-25(23(20)13-22(21)16(2)32)11-18-5-7-19(8-6-18)24-14-29-27(34-4)30-26(24)17(3)33/h5-8,12-14,25,28H,9-11H2,1-4H3. The number of carbonyl (C=O) groups is 3. The second-order valence-electron chi connectivity index (χ2n) is 8.54. The zero-order chi connectivity index (χ0) is 24.4. The highest BCUT2D eigenvalue weighted by Gasteiger charge is 2.24. The maximum absolute atomic E-state index is 12.2. The molecule has 1 aromatic heterocycles. The number of hydrogen-bond donors (Lipinski definition) is 1. The molecule has 0 radical (unpaired) electrons. The summed E-state index contributed by atoms with van der Waals surface area (Å²) in [5, 5.41) is 3.55. The molecule has 0 aliphatic carbocycles. The fraction of sp³-hybridized carbons (Fsp3) is 0.296. The van der Waals surface area contributed by atoms with Crippen molar-refractivity contribution >= 4 is 17.3 Å². The van der Waals surface area contributed by atoms with Crippen molar-refractivity contribution in [2.24, 2.45) is 0 Å². The molecular formula is C27H27N3O4. The summed E-state index contributed by atoms with van der Waals surface area (Å²) in [7, 11) is 1.46. The number of fused-ring (bicyclic) bond motifs is 1. The van der Waals surface area contributed by atoms with Crippen LogP contribution >= 0.6 is 0 Å². The number of carbonyl (C=O) groups excluding carboxylic acids is 3. The average Bonchev–Trinajstić information content (AvgIpc) is 2.83. The summed E-state index contributed by atoms with van der Waals surface area (Å²) in [5.74, 6) is -0.357. The van der Waals surface area contributed by atoms with Gasteiger partial charge in [-0.25, -0.2) is 4.98 Å². The van der Waals surface area contributed by atoms with Crippen molar-refractivity contribution in [2.75, 3.05) is 13.7 Å². The SMILES string of the molecule is COc1ncc(-c2ccc(CC3NCCc4cc(C(C)=O)c(C(C)=O)cc43)cc2)c(C(C)=O)n1. The van der Waals surface area contributed by atoms with Crippen LogP contribution in [0.2, 0.25) is 0 Å². The molecule has 0 bridgehead atoms. The van der Waals surface area contributed by atoms with Crippen molar-refractivity contribution in [3.63, 3.8) is 0 Å². The third-order valence-electron chi connectivity index (χ3n) is 6.19. The topological polar surface area (TPSA) is 98.2 Å². The molecule has 1 atom stereocenters. The third-order valence-corrected chi connectivity index (χ3v) is 6.19. The maximum Gasteiger partial charge on any atom is 0.316 e. The number of methoxy groups -OCH3 is 1.